The van der Waals surface area contributed by atoms with Gasteiger partial charge in [0.05, 0.1) is 12.2 Å². The molecule has 0 amide bonds. The van der Waals surface area contributed by atoms with Gasteiger partial charge in [0.15, 0.2) is 0 Å². The summed E-state index contributed by atoms with van der Waals surface area (Å²) < 4.78 is 10.3. The van der Waals surface area contributed by atoms with E-state index in [2.05, 4.69) is 6.07 Å². The van der Waals surface area contributed by atoms with Crippen LogP contribution < -0.4 is 4.74 Å². The maximum atomic E-state index is 8.80. The molecule has 14 heavy (non-hydrogen) atoms. The molecule has 0 saturated heterocycles. The lowest BCUT2D eigenvalue weighted by molar-refractivity contribution is 0.146. The van der Waals surface area contributed by atoms with E-state index in [-0.39, 0.29) is 0 Å². The number of methoxy groups -OCH3 is 1. The zero-order chi connectivity index (χ0) is 10.4. The van der Waals surface area contributed by atoms with E-state index in [9.17, 15) is 0 Å². The van der Waals surface area contributed by atoms with Crippen LogP contribution in [0.1, 0.15) is 11.1 Å². The number of nitriles is 1. The summed E-state index contributed by atoms with van der Waals surface area (Å²) in [6.45, 7) is 2.96. The maximum Gasteiger partial charge on any atom is 0.137 e. The minimum atomic E-state index is 0.467. The molecular weight excluding hydrogens is 178 g/mol. The molecule has 0 saturated carbocycles. The van der Waals surface area contributed by atoms with E-state index in [1.54, 1.807) is 13.2 Å². The molecule has 0 aliphatic rings. The van der Waals surface area contributed by atoms with Gasteiger partial charge in [-0.25, -0.2) is 0 Å². The largest absolute Gasteiger partial charge is 0.490 e. The molecule has 0 aromatic heterocycles. The molecule has 74 valence electrons. The molecule has 0 unspecified atom stereocenters. The minimum Gasteiger partial charge on any atom is -0.490 e. The van der Waals surface area contributed by atoms with Crippen LogP contribution >= 0.6 is 0 Å². The van der Waals surface area contributed by atoms with Gasteiger partial charge in [0.25, 0.3) is 0 Å². The lowest BCUT2D eigenvalue weighted by Crippen LogP contribution is -2.05. The first-order valence-electron chi connectivity index (χ1n) is 4.40. The van der Waals surface area contributed by atoms with Gasteiger partial charge in [-0.15, -0.1) is 0 Å². The highest BCUT2D eigenvalue weighted by atomic mass is 16.5. The van der Waals surface area contributed by atoms with Gasteiger partial charge in [-0.3, -0.25) is 0 Å². The summed E-state index contributed by atoms with van der Waals surface area (Å²) in [6, 6.07) is 7.59. The van der Waals surface area contributed by atoms with Gasteiger partial charge in [0, 0.05) is 7.11 Å². The lowest BCUT2D eigenvalue weighted by atomic mass is 10.1. The summed E-state index contributed by atoms with van der Waals surface area (Å²) in [7, 11) is 1.62. The van der Waals surface area contributed by atoms with Crippen molar-refractivity contribution in [2.24, 2.45) is 0 Å². The first-order chi connectivity index (χ1) is 6.77. The standard InChI is InChI=1S/C11H13NO2/c1-9-3-4-10(8-12)11(7-9)14-6-5-13-2/h3-4,7H,5-6H2,1-2H3. The Labute approximate surface area is 83.9 Å². The Bertz CT molecular complexity index is 342. The normalized spacial score (nSPS) is 9.50. The van der Waals surface area contributed by atoms with Crippen LogP contribution in [0.5, 0.6) is 5.75 Å². The molecule has 3 nitrogen and oxygen atoms in total. The molecule has 0 N–H and O–H groups in total. The Morgan fingerprint density at radius 2 is 2.14 bits per heavy atom. The van der Waals surface area contributed by atoms with Crippen molar-refractivity contribution in [3.8, 4) is 11.8 Å². The van der Waals surface area contributed by atoms with Gasteiger partial charge in [0.1, 0.15) is 18.4 Å². The van der Waals surface area contributed by atoms with Crippen LogP contribution in [0.2, 0.25) is 0 Å². The van der Waals surface area contributed by atoms with Crippen molar-refractivity contribution in [2.45, 2.75) is 6.92 Å². The fourth-order valence-electron chi connectivity index (χ4n) is 1.08. The molecule has 1 rings (SSSR count). The predicted octanol–water partition coefficient (Wildman–Crippen LogP) is 1.89. The Balaban J connectivity index is 2.73. The number of benzene rings is 1. The number of hydrogen-bond acceptors (Lipinski definition) is 3. The molecular formula is C11H13NO2. The van der Waals surface area contributed by atoms with Crippen LogP contribution in [0.4, 0.5) is 0 Å². The highest BCUT2D eigenvalue weighted by Gasteiger charge is 2.02. The molecule has 0 atom stereocenters. The summed E-state index contributed by atoms with van der Waals surface area (Å²) in [6.07, 6.45) is 0. The first-order valence-corrected chi connectivity index (χ1v) is 4.40. The van der Waals surface area contributed by atoms with E-state index in [0.717, 1.165) is 5.56 Å². The molecule has 0 aliphatic heterocycles. The van der Waals surface area contributed by atoms with Gasteiger partial charge >= 0.3 is 0 Å². The first kappa shape index (κ1) is 10.6. The number of nitrogens with zero attached hydrogens (tertiary/aromatic N) is 1. The van der Waals surface area contributed by atoms with E-state index in [1.807, 2.05) is 19.1 Å². The smallest absolute Gasteiger partial charge is 0.137 e. The Morgan fingerprint density at radius 3 is 2.79 bits per heavy atom. The van der Waals surface area contributed by atoms with Crippen molar-refractivity contribution in [3.05, 3.63) is 29.3 Å². The summed E-state index contributed by atoms with van der Waals surface area (Å²) in [5.41, 5.74) is 1.64. The van der Waals surface area contributed by atoms with Crippen molar-refractivity contribution in [3.63, 3.8) is 0 Å². The van der Waals surface area contributed by atoms with Crippen molar-refractivity contribution < 1.29 is 9.47 Å². The van der Waals surface area contributed by atoms with Crippen LogP contribution in [0, 0.1) is 18.3 Å². The van der Waals surface area contributed by atoms with Gasteiger partial charge in [-0.1, -0.05) is 6.07 Å². The van der Waals surface area contributed by atoms with E-state index < -0.39 is 0 Å². The molecule has 0 aliphatic carbocycles. The molecule has 3 heteroatoms. The van der Waals surface area contributed by atoms with Gasteiger partial charge < -0.3 is 9.47 Å². The second kappa shape index (κ2) is 5.25. The summed E-state index contributed by atoms with van der Waals surface area (Å²) in [5, 5.41) is 8.80. The van der Waals surface area contributed by atoms with Crippen LogP contribution in [0.25, 0.3) is 0 Å². The summed E-state index contributed by atoms with van der Waals surface area (Å²) >= 11 is 0. The number of rotatable bonds is 4. The van der Waals surface area contributed by atoms with Gasteiger partial charge in [0.2, 0.25) is 0 Å². The molecule has 0 radical (unpaired) electrons. The zero-order valence-electron chi connectivity index (χ0n) is 8.41. The summed E-state index contributed by atoms with van der Waals surface area (Å²) in [5.74, 6) is 0.629. The quantitative estimate of drug-likeness (QED) is 0.682. The zero-order valence-corrected chi connectivity index (χ0v) is 8.41. The fourth-order valence-corrected chi connectivity index (χ4v) is 1.08. The highest BCUT2D eigenvalue weighted by Crippen LogP contribution is 2.18. The molecule has 0 fully saturated rings. The van der Waals surface area contributed by atoms with Crippen LogP contribution in [-0.4, -0.2) is 20.3 Å². The third-order valence-electron chi connectivity index (χ3n) is 1.80. The molecule has 0 bridgehead atoms. The molecule has 1 aromatic carbocycles. The van der Waals surface area contributed by atoms with E-state index >= 15 is 0 Å². The third-order valence-corrected chi connectivity index (χ3v) is 1.80. The number of hydrogen-bond donors (Lipinski definition) is 0. The van der Waals surface area contributed by atoms with E-state index in [1.165, 1.54) is 0 Å². The van der Waals surface area contributed by atoms with Crippen molar-refractivity contribution in [1.82, 2.24) is 0 Å². The fraction of sp³-hybridized carbons (Fsp3) is 0.364. The maximum absolute atomic E-state index is 8.80. The minimum absolute atomic E-state index is 0.467. The monoisotopic (exact) mass is 191 g/mol. The molecule has 0 heterocycles. The van der Waals surface area contributed by atoms with Crippen LogP contribution in [0.15, 0.2) is 18.2 Å². The van der Waals surface area contributed by atoms with Crippen molar-refractivity contribution in [2.75, 3.05) is 20.3 Å². The average molecular weight is 191 g/mol. The molecule has 1 aromatic rings. The van der Waals surface area contributed by atoms with E-state index in [4.69, 9.17) is 14.7 Å². The molecule has 0 spiro atoms. The van der Waals surface area contributed by atoms with Crippen LogP contribution in [-0.2, 0) is 4.74 Å². The Hall–Kier alpha value is -1.53. The van der Waals surface area contributed by atoms with Gasteiger partial charge in [-0.2, -0.15) is 5.26 Å². The summed E-state index contributed by atoms with van der Waals surface area (Å²) in [4.78, 5) is 0. The van der Waals surface area contributed by atoms with Crippen molar-refractivity contribution >= 4 is 0 Å². The number of aryl methyl sites for hydroxylation is 1. The SMILES string of the molecule is COCCOc1cc(C)ccc1C#N. The highest BCUT2D eigenvalue weighted by molar-refractivity contribution is 5.44. The van der Waals surface area contributed by atoms with Gasteiger partial charge in [-0.05, 0) is 24.6 Å². The second-order valence-electron chi connectivity index (χ2n) is 2.95. The topological polar surface area (TPSA) is 42.2 Å². The Morgan fingerprint density at radius 1 is 1.36 bits per heavy atom. The van der Waals surface area contributed by atoms with E-state index in [0.29, 0.717) is 24.5 Å². The predicted molar refractivity (Wildman–Crippen MR) is 53.3 cm³/mol. The Kier molecular flexibility index (Phi) is 3.96. The van der Waals surface area contributed by atoms with Crippen molar-refractivity contribution in [1.29, 1.82) is 5.26 Å². The van der Waals surface area contributed by atoms with Crippen LogP contribution in [0.3, 0.4) is 0 Å². The lowest BCUT2D eigenvalue weighted by Gasteiger charge is -2.07. The third kappa shape index (κ3) is 2.75. The number of ether oxygens (including phenoxy) is 2. The second-order valence-corrected chi connectivity index (χ2v) is 2.95. The average Bonchev–Trinajstić information content (AvgIpc) is 2.19.